The summed E-state index contributed by atoms with van der Waals surface area (Å²) >= 11 is 12.6. The van der Waals surface area contributed by atoms with Crippen LogP contribution in [0.25, 0.3) is 0 Å². The average Bonchev–Trinajstić information content (AvgIpc) is 2.74. The van der Waals surface area contributed by atoms with Gasteiger partial charge < -0.3 is 10.2 Å². The Bertz CT molecular complexity index is 1030. The van der Waals surface area contributed by atoms with Crippen LogP contribution in [0.4, 0.5) is 5.69 Å². The molecule has 0 aliphatic heterocycles. The summed E-state index contributed by atoms with van der Waals surface area (Å²) in [5.74, 6) is -0.914. The molecule has 7 nitrogen and oxygen atoms in total. The standard InChI is InChI=1S/C22H27Cl2N3O4S/c1-4-13-25-22(29)16(2)26(14-18-19(23)11-8-12-20(18)24)21(28)15-27(32(3,30)31)17-9-6-5-7-10-17/h5-12,16H,4,13-15H2,1-3H3,(H,25,29)/t16-/m0/s1. The van der Waals surface area contributed by atoms with E-state index < -0.39 is 28.5 Å². The summed E-state index contributed by atoms with van der Waals surface area (Å²) in [5.41, 5.74) is 0.826. The van der Waals surface area contributed by atoms with Crippen molar-refractivity contribution in [2.24, 2.45) is 0 Å². The number of hydrogen-bond acceptors (Lipinski definition) is 4. The number of hydrogen-bond donors (Lipinski definition) is 1. The molecule has 0 aromatic heterocycles. The second-order valence-corrected chi connectivity index (χ2v) is 10.0. The molecule has 0 saturated heterocycles. The number of para-hydroxylation sites is 1. The van der Waals surface area contributed by atoms with Crippen LogP contribution >= 0.6 is 23.2 Å². The van der Waals surface area contributed by atoms with E-state index in [1.165, 1.54) is 4.90 Å². The molecule has 0 bridgehead atoms. The molecule has 2 aromatic carbocycles. The number of nitrogens with zero attached hydrogens (tertiary/aromatic N) is 2. The SMILES string of the molecule is CCCNC(=O)[C@H](C)N(Cc1c(Cl)cccc1Cl)C(=O)CN(c1ccccc1)S(C)(=O)=O. The van der Waals surface area contributed by atoms with Gasteiger partial charge in [-0.3, -0.25) is 13.9 Å². The Morgan fingerprint density at radius 3 is 2.16 bits per heavy atom. The first-order valence-corrected chi connectivity index (χ1v) is 12.7. The number of rotatable bonds is 10. The highest BCUT2D eigenvalue weighted by molar-refractivity contribution is 7.92. The van der Waals surface area contributed by atoms with Crippen LogP contribution in [-0.4, -0.2) is 50.5 Å². The van der Waals surface area contributed by atoms with E-state index >= 15 is 0 Å². The van der Waals surface area contributed by atoms with Crippen molar-refractivity contribution in [3.8, 4) is 0 Å². The van der Waals surface area contributed by atoms with Crippen LogP contribution in [0.1, 0.15) is 25.8 Å². The van der Waals surface area contributed by atoms with Gasteiger partial charge in [-0.25, -0.2) is 8.42 Å². The highest BCUT2D eigenvalue weighted by atomic mass is 35.5. The fourth-order valence-corrected chi connectivity index (χ4v) is 4.41. The molecule has 2 amide bonds. The van der Waals surface area contributed by atoms with Gasteiger partial charge in [-0.2, -0.15) is 0 Å². The van der Waals surface area contributed by atoms with Gasteiger partial charge in [-0.05, 0) is 37.6 Å². The Morgan fingerprint density at radius 2 is 1.62 bits per heavy atom. The topological polar surface area (TPSA) is 86.8 Å². The number of carbonyl (C=O) groups excluding carboxylic acids is 2. The highest BCUT2D eigenvalue weighted by Gasteiger charge is 2.30. The molecule has 1 N–H and O–H groups in total. The van der Waals surface area contributed by atoms with Crippen molar-refractivity contribution in [1.82, 2.24) is 10.2 Å². The van der Waals surface area contributed by atoms with Crippen molar-refractivity contribution in [2.45, 2.75) is 32.9 Å². The first kappa shape index (κ1) is 26.0. The smallest absolute Gasteiger partial charge is 0.244 e. The molecule has 2 rings (SSSR count). The molecule has 1 atom stereocenters. The highest BCUT2D eigenvalue weighted by Crippen LogP contribution is 2.27. The first-order valence-electron chi connectivity index (χ1n) is 10.1. The summed E-state index contributed by atoms with van der Waals surface area (Å²) in [4.78, 5) is 27.3. The van der Waals surface area contributed by atoms with Crippen LogP contribution in [0.2, 0.25) is 10.0 Å². The number of halogens is 2. The molecular formula is C22H27Cl2N3O4S. The van der Waals surface area contributed by atoms with E-state index in [0.29, 0.717) is 27.8 Å². The van der Waals surface area contributed by atoms with E-state index in [1.807, 2.05) is 6.92 Å². The maximum Gasteiger partial charge on any atom is 0.244 e. The van der Waals surface area contributed by atoms with Gasteiger partial charge in [0.1, 0.15) is 12.6 Å². The van der Waals surface area contributed by atoms with Crippen molar-refractivity contribution in [3.05, 3.63) is 64.1 Å². The lowest BCUT2D eigenvalue weighted by atomic mass is 10.1. The van der Waals surface area contributed by atoms with E-state index in [1.54, 1.807) is 55.5 Å². The van der Waals surface area contributed by atoms with Gasteiger partial charge in [0.05, 0.1) is 11.9 Å². The van der Waals surface area contributed by atoms with Crippen molar-refractivity contribution in [3.63, 3.8) is 0 Å². The molecule has 0 unspecified atom stereocenters. The van der Waals surface area contributed by atoms with E-state index in [2.05, 4.69) is 5.32 Å². The van der Waals surface area contributed by atoms with E-state index in [4.69, 9.17) is 23.2 Å². The minimum absolute atomic E-state index is 0.0511. The zero-order valence-corrected chi connectivity index (χ0v) is 20.5. The van der Waals surface area contributed by atoms with E-state index in [-0.39, 0.29) is 12.5 Å². The number of anilines is 1. The van der Waals surface area contributed by atoms with Crippen LogP contribution in [0.15, 0.2) is 48.5 Å². The Balaban J connectivity index is 2.40. The number of nitrogens with one attached hydrogen (secondary N) is 1. The fourth-order valence-electron chi connectivity index (χ4n) is 3.04. The van der Waals surface area contributed by atoms with Gasteiger partial charge in [0.15, 0.2) is 0 Å². The summed E-state index contributed by atoms with van der Waals surface area (Å²) in [6.45, 7) is 3.43. The molecule has 0 saturated carbocycles. The van der Waals surface area contributed by atoms with Crippen LogP contribution in [-0.2, 0) is 26.2 Å². The molecule has 0 aliphatic rings. The number of benzene rings is 2. The van der Waals surface area contributed by atoms with Crippen molar-refractivity contribution in [1.29, 1.82) is 0 Å². The molecule has 10 heteroatoms. The normalized spacial score (nSPS) is 12.2. The Morgan fingerprint density at radius 1 is 1.03 bits per heavy atom. The van der Waals surface area contributed by atoms with Crippen molar-refractivity contribution in [2.75, 3.05) is 23.7 Å². The largest absolute Gasteiger partial charge is 0.354 e. The zero-order chi connectivity index (χ0) is 23.9. The lowest BCUT2D eigenvalue weighted by Gasteiger charge is -2.32. The third-order valence-corrected chi connectivity index (χ3v) is 6.68. The van der Waals surface area contributed by atoms with Gasteiger partial charge in [0.25, 0.3) is 0 Å². The maximum absolute atomic E-state index is 13.4. The number of sulfonamides is 1. The second-order valence-electron chi connectivity index (χ2n) is 7.29. The van der Waals surface area contributed by atoms with Crippen molar-refractivity contribution >= 4 is 50.7 Å². The van der Waals surface area contributed by atoms with E-state index in [0.717, 1.165) is 17.0 Å². The van der Waals surface area contributed by atoms with Gasteiger partial charge in [-0.1, -0.05) is 54.4 Å². The molecule has 0 spiro atoms. The molecular weight excluding hydrogens is 473 g/mol. The average molecular weight is 500 g/mol. The van der Waals surface area contributed by atoms with Crippen LogP contribution in [0.5, 0.6) is 0 Å². The molecule has 2 aromatic rings. The fraction of sp³-hybridized carbons (Fsp3) is 0.364. The minimum atomic E-state index is -3.76. The van der Waals surface area contributed by atoms with Gasteiger partial charge >= 0.3 is 0 Å². The summed E-state index contributed by atoms with van der Waals surface area (Å²) in [6.07, 6.45) is 1.76. The lowest BCUT2D eigenvalue weighted by Crippen LogP contribution is -2.51. The van der Waals surface area contributed by atoms with Gasteiger partial charge in [-0.15, -0.1) is 0 Å². The predicted octanol–water partition coefficient (Wildman–Crippen LogP) is 3.70. The Labute approximate surface area is 199 Å². The molecule has 32 heavy (non-hydrogen) atoms. The van der Waals surface area contributed by atoms with Gasteiger partial charge in [0, 0.05) is 28.7 Å². The molecule has 174 valence electrons. The van der Waals surface area contributed by atoms with Gasteiger partial charge in [0.2, 0.25) is 21.8 Å². The third-order valence-electron chi connectivity index (χ3n) is 4.83. The summed E-state index contributed by atoms with van der Waals surface area (Å²) < 4.78 is 25.9. The first-order chi connectivity index (χ1) is 15.1. The zero-order valence-electron chi connectivity index (χ0n) is 18.2. The minimum Gasteiger partial charge on any atom is -0.354 e. The number of carbonyl (C=O) groups is 2. The summed E-state index contributed by atoms with van der Waals surface area (Å²) in [7, 11) is -3.76. The molecule has 0 fully saturated rings. The second kappa shape index (κ2) is 11.5. The van der Waals surface area contributed by atoms with Crippen molar-refractivity contribution < 1.29 is 18.0 Å². The Kier molecular flexibility index (Phi) is 9.36. The predicted molar refractivity (Wildman–Crippen MR) is 128 cm³/mol. The van der Waals surface area contributed by atoms with Crippen LogP contribution in [0, 0.1) is 0 Å². The third kappa shape index (κ3) is 6.85. The maximum atomic E-state index is 13.4. The molecule has 0 aliphatic carbocycles. The van der Waals surface area contributed by atoms with Crippen LogP contribution < -0.4 is 9.62 Å². The van der Waals surface area contributed by atoms with Crippen LogP contribution in [0.3, 0.4) is 0 Å². The quantitative estimate of drug-likeness (QED) is 0.539. The summed E-state index contributed by atoms with van der Waals surface area (Å²) in [6, 6.07) is 12.4. The number of amides is 2. The molecule has 0 heterocycles. The lowest BCUT2D eigenvalue weighted by molar-refractivity contribution is -0.139. The monoisotopic (exact) mass is 499 g/mol. The summed E-state index contributed by atoms with van der Waals surface area (Å²) in [5, 5.41) is 3.46. The Hall–Kier alpha value is -2.29. The molecule has 0 radical (unpaired) electrons. The van der Waals surface area contributed by atoms with E-state index in [9.17, 15) is 18.0 Å².